The van der Waals surface area contributed by atoms with Gasteiger partial charge in [-0.15, -0.1) is 0 Å². The largest absolute Gasteiger partial charge is 0.480 e. The second-order valence-corrected chi connectivity index (χ2v) is 4.32. The van der Waals surface area contributed by atoms with Crippen LogP contribution in [0.15, 0.2) is 30.3 Å². The highest BCUT2D eigenvalue weighted by Crippen LogP contribution is 2.15. The summed E-state index contributed by atoms with van der Waals surface area (Å²) in [6.45, 7) is 3.92. The van der Waals surface area contributed by atoms with Gasteiger partial charge in [0.25, 0.3) is 0 Å². The minimum atomic E-state index is -0.872. The molecule has 0 heterocycles. The first kappa shape index (κ1) is 14.7. The van der Waals surface area contributed by atoms with E-state index < -0.39 is 12.0 Å². The fraction of sp³-hybridized carbons (Fsp3) is 0.500. The summed E-state index contributed by atoms with van der Waals surface area (Å²) in [6.07, 6.45) is 2.25. The van der Waals surface area contributed by atoms with Gasteiger partial charge in [-0.25, -0.2) is 0 Å². The molecule has 1 aromatic carbocycles. The van der Waals surface area contributed by atoms with Gasteiger partial charge in [-0.1, -0.05) is 50.1 Å². The van der Waals surface area contributed by atoms with Crippen LogP contribution in [0.2, 0.25) is 0 Å². The Kier molecular flexibility index (Phi) is 6.39. The first-order valence-electron chi connectivity index (χ1n) is 6.34. The monoisotopic (exact) mass is 251 g/mol. The van der Waals surface area contributed by atoms with Crippen LogP contribution >= 0.6 is 0 Å². The molecule has 2 N–H and O–H groups in total. The molecule has 0 aliphatic carbocycles. The van der Waals surface area contributed by atoms with Crippen LogP contribution in [0.1, 0.15) is 44.8 Å². The summed E-state index contributed by atoms with van der Waals surface area (Å²) >= 11 is 0. The van der Waals surface area contributed by atoms with Gasteiger partial charge in [0, 0.05) is 0 Å². The molecular formula is C14H21NO3. The first-order chi connectivity index (χ1) is 8.65. The minimum absolute atomic E-state index is 0.172. The maximum Gasteiger partial charge on any atom is 0.323 e. The lowest BCUT2D eigenvalue weighted by molar-refractivity contribution is -0.146. The minimum Gasteiger partial charge on any atom is -0.480 e. The second kappa shape index (κ2) is 7.84. The van der Waals surface area contributed by atoms with Crippen LogP contribution in [0.5, 0.6) is 0 Å². The molecule has 0 fully saturated rings. The van der Waals surface area contributed by atoms with Crippen molar-refractivity contribution in [3.8, 4) is 0 Å². The maximum absolute atomic E-state index is 11.0. The molecule has 0 saturated heterocycles. The number of benzene rings is 1. The Labute approximate surface area is 108 Å². The number of aliphatic carboxylic acids is 1. The van der Waals surface area contributed by atoms with E-state index in [1.807, 2.05) is 44.2 Å². The van der Waals surface area contributed by atoms with Crippen molar-refractivity contribution in [2.24, 2.45) is 0 Å². The highest BCUT2D eigenvalue weighted by atomic mass is 16.7. The molecule has 4 nitrogen and oxygen atoms in total. The smallest absolute Gasteiger partial charge is 0.323 e. The van der Waals surface area contributed by atoms with E-state index >= 15 is 0 Å². The Morgan fingerprint density at radius 2 is 2.06 bits per heavy atom. The van der Waals surface area contributed by atoms with Crippen molar-refractivity contribution in [2.45, 2.75) is 45.3 Å². The fourth-order valence-electron chi connectivity index (χ4n) is 1.62. The van der Waals surface area contributed by atoms with Crippen molar-refractivity contribution < 1.29 is 14.7 Å². The van der Waals surface area contributed by atoms with Crippen molar-refractivity contribution in [2.75, 3.05) is 0 Å². The van der Waals surface area contributed by atoms with Crippen LogP contribution in [0, 0.1) is 0 Å². The van der Waals surface area contributed by atoms with E-state index in [0.29, 0.717) is 6.42 Å². The molecule has 0 aromatic heterocycles. The van der Waals surface area contributed by atoms with E-state index in [4.69, 9.17) is 9.94 Å². The highest BCUT2D eigenvalue weighted by molar-refractivity contribution is 5.73. The van der Waals surface area contributed by atoms with Crippen LogP contribution in [-0.4, -0.2) is 17.1 Å². The Balaban J connectivity index is 2.44. The fourth-order valence-corrected chi connectivity index (χ4v) is 1.62. The number of unbranched alkanes of at least 4 members (excludes halogenated alkanes) is 1. The van der Waals surface area contributed by atoms with E-state index in [1.54, 1.807) is 0 Å². The van der Waals surface area contributed by atoms with Gasteiger partial charge >= 0.3 is 5.97 Å². The topological polar surface area (TPSA) is 58.6 Å². The molecule has 0 spiro atoms. The Bertz CT molecular complexity index is 353. The molecule has 2 unspecified atom stereocenters. The summed E-state index contributed by atoms with van der Waals surface area (Å²) in [5, 5.41) is 9.04. The van der Waals surface area contributed by atoms with E-state index in [-0.39, 0.29) is 6.10 Å². The standard InChI is InChI=1S/C14H21NO3/c1-3-4-10-13(14(16)17)15-18-11(2)12-8-6-5-7-9-12/h5-9,11,13,15H,3-4,10H2,1-2H3,(H,16,17). The Morgan fingerprint density at radius 3 is 2.61 bits per heavy atom. The van der Waals surface area contributed by atoms with Crippen LogP contribution in [-0.2, 0) is 9.63 Å². The van der Waals surface area contributed by atoms with Gasteiger partial charge in [0.05, 0.1) is 0 Å². The highest BCUT2D eigenvalue weighted by Gasteiger charge is 2.18. The molecule has 0 aliphatic rings. The Hall–Kier alpha value is -1.39. The number of hydroxylamine groups is 1. The molecule has 0 radical (unpaired) electrons. The van der Waals surface area contributed by atoms with E-state index in [9.17, 15) is 4.79 Å². The SMILES string of the molecule is CCCCC(NOC(C)c1ccccc1)C(=O)O. The van der Waals surface area contributed by atoms with Crippen LogP contribution in [0.3, 0.4) is 0 Å². The third-order valence-corrected chi connectivity index (χ3v) is 2.80. The van der Waals surface area contributed by atoms with Crippen LogP contribution in [0.25, 0.3) is 0 Å². The van der Waals surface area contributed by atoms with Gasteiger partial charge in [0.1, 0.15) is 12.1 Å². The number of rotatable bonds is 8. The van der Waals surface area contributed by atoms with E-state index in [0.717, 1.165) is 18.4 Å². The predicted octanol–water partition coefficient (Wildman–Crippen LogP) is 2.91. The lowest BCUT2D eigenvalue weighted by Crippen LogP contribution is -2.37. The average Bonchev–Trinajstić information content (AvgIpc) is 2.39. The summed E-state index contributed by atoms with van der Waals surface area (Å²) in [7, 11) is 0. The van der Waals surface area contributed by atoms with Crippen molar-refractivity contribution in [1.82, 2.24) is 5.48 Å². The predicted molar refractivity (Wildman–Crippen MR) is 70.0 cm³/mol. The van der Waals surface area contributed by atoms with Gasteiger partial charge in [-0.2, -0.15) is 5.48 Å². The van der Waals surface area contributed by atoms with Crippen molar-refractivity contribution in [3.05, 3.63) is 35.9 Å². The molecule has 4 heteroatoms. The van der Waals surface area contributed by atoms with E-state index in [1.165, 1.54) is 0 Å². The van der Waals surface area contributed by atoms with Gasteiger partial charge in [-0.3, -0.25) is 9.63 Å². The van der Waals surface area contributed by atoms with E-state index in [2.05, 4.69) is 5.48 Å². The van der Waals surface area contributed by atoms with Crippen molar-refractivity contribution in [1.29, 1.82) is 0 Å². The number of hydrogen-bond acceptors (Lipinski definition) is 3. The molecular weight excluding hydrogens is 230 g/mol. The average molecular weight is 251 g/mol. The van der Waals surface area contributed by atoms with Gasteiger partial charge in [-0.05, 0) is 18.9 Å². The number of carboxylic acids is 1. The second-order valence-electron chi connectivity index (χ2n) is 4.32. The zero-order chi connectivity index (χ0) is 13.4. The van der Waals surface area contributed by atoms with Gasteiger partial charge in [0.15, 0.2) is 0 Å². The lowest BCUT2D eigenvalue weighted by atomic mass is 10.1. The number of carboxylic acid groups (broad SMARTS) is 1. The molecule has 2 atom stereocenters. The summed E-state index contributed by atoms with van der Waals surface area (Å²) < 4.78 is 0. The molecule has 0 amide bonds. The molecule has 0 saturated carbocycles. The number of hydrogen-bond donors (Lipinski definition) is 2. The zero-order valence-electron chi connectivity index (χ0n) is 10.9. The maximum atomic E-state index is 11.0. The summed E-state index contributed by atoms with van der Waals surface area (Å²) in [6, 6.07) is 9.06. The zero-order valence-corrected chi connectivity index (χ0v) is 10.9. The molecule has 0 aliphatic heterocycles. The third kappa shape index (κ3) is 4.85. The summed E-state index contributed by atoms with van der Waals surface area (Å²) in [4.78, 5) is 16.4. The van der Waals surface area contributed by atoms with Crippen molar-refractivity contribution in [3.63, 3.8) is 0 Å². The molecule has 18 heavy (non-hydrogen) atoms. The molecule has 1 aromatic rings. The summed E-state index contributed by atoms with van der Waals surface area (Å²) in [5.41, 5.74) is 3.67. The quantitative estimate of drug-likeness (QED) is 0.697. The van der Waals surface area contributed by atoms with Crippen molar-refractivity contribution >= 4 is 5.97 Å². The number of carbonyl (C=O) groups is 1. The molecule has 100 valence electrons. The first-order valence-corrected chi connectivity index (χ1v) is 6.34. The third-order valence-electron chi connectivity index (χ3n) is 2.80. The van der Waals surface area contributed by atoms with Gasteiger partial charge < -0.3 is 5.11 Å². The van der Waals surface area contributed by atoms with Crippen LogP contribution < -0.4 is 5.48 Å². The van der Waals surface area contributed by atoms with Gasteiger partial charge in [0.2, 0.25) is 0 Å². The summed E-state index contributed by atoms with van der Waals surface area (Å²) in [5.74, 6) is -0.872. The molecule has 0 bridgehead atoms. The Morgan fingerprint density at radius 1 is 1.39 bits per heavy atom. The normalized spacial score (nSPS) is 14.1. The lowest BCUT2D eigenvalue weighted by Gasteiger charge is -2.18. The van der Waals surface area contributed by atoms with Crippen LogP contribution in [0.4, 0.5) is 0 Å². The molecule has 1 rings (SSSR count). The number of nitrogens with one attached hydrogen (secondary N) is 1.